The van der Waals surface area contributed by atoms with Gasteiger partial charge in [0, 0.05) is 16.8 Å². The lowest BCUT2D eigenvalue weighted by Crippen LogP contribution is -2.23. The first kappa shape index (κ1) is 13.8. The van der Waals surface area contributed by atoms with Crippen LogP contribution in [0.4, 0.5) is 0 Å². The Morgan fingerprint density at radius 1 is 1.32 bits per heavy atom. The average Bonchev–Trinajstić information content (AvgIpc) is 2.45. The molecule has 0 radical (unpaired) electrons. The maximum absolute atomic E-state index is 6.10. The van der Waals surface area contributed by atoms with E-state index >= 15 is 0 Å². The van der Waals surface area contributed by atoms with E-state index in [0.717, 1.165) is 23.6 Å². The van der Waals surface area contributed by atoms with Gasteiger partial charge in [0.1, 0.15) is 5.75 Å². The number of hydrogen-bond acceptors (Lipinski definition) is 3. The van der Waals surface area contributed by atoms with Crippen molar-refractivity contribution in [3.63, 3.8) is 0 Å². The van der Waals surface area contributed by atoms with Crippen molar-refractivity contribution in [1.29, 1.82) is 0 Å². The maximum Gasteiger partial charge on any atom is 0.124 e. The van der Waals surface area contributed by atoms with Gasteiger partial charge in [0.25, 0.3) is 0 Å². The predicted octanol–water partition coefficient (Wildman–Crippen LogP) is 3.44. The quantitative estimate of drug-likeness (QED) is 0.908. The molecule has 1 atom stereocenters. The minimum absolute atomic E-state index is 0.0279. The molecule has 0 amide bonds. The van der Waals surface area contributed by atoms with Crippen molar-refractivity contribution in [3.05, 3.63) is 58.9 Å². The molecule has 100 valence electrons. The number of methoxy groups -OCH3 is 1. The van der Waals surface area contributed by atoms with E-state index in [4.69, 9.17) is 16.3 Å². The van der Waals surface area contributed by atoms with Crippen molar-refractivity contribution in [1.82, 2.24) is 10.3 Å². The first-order valence-corrected chi connectivity index (χ1v) is 6.61. The summed E-state index contributed by atoms with van der Waals surface area (Å²) >= 11 is 6.10. The molecule has 0 bridgehead atoms. The van der Waals surface area contributed by atoms with Crippen molar-refractivity contribution in [3.8, 4) is 5.75 Å². The minimum Gasteiger partial charge on any atom is -0.496 e. The van der Waals surface area contributed by atoms with Gasteiger partial charge in [0.05, 0.1) is 18.8 Å². The lowest BCUT2D eigenvalue weighted by molar-refractivity contribution is 0.404. The molecule has 1 unspecified atom stereocenters. The summed E-state index contributed by atoms with van der Waals surface area (Å²) < 4.78 is 5.42. The van der Waals surface area contributed by atoms with E-state index in [1.165, 1.54) is 0 Å². The third kappa shape index (κ3) is 3.25. The van der Waals surface area contributed by atoms with Gasteiger partial charge in [-0.3, -0.25) is 4.98 Å². The molecule has 0 saturated carbocycles. The molecule has 0 fully saturated rings. The summed E-state index contributed by atoms with van der Waals surface area (Å²) in [6.45, 7) is 2.89. The van der Waals surface area contributed by atoms with Crippen LogP contribution < -0.4 is 10.1 Å². The zero-order valence-corrected chi connectivity index (χ0v) is 11.8. The van der Waals surface area contributed by atoms with Crippen LogP contribution in [0.5, 0.6) is 5.75 Å². The molecule has 1 aromatic heterocycles. The van der Waals surface area contributed by atoms with Gasteiger partial charge in [0.15, 0.2) is 0 Å². The fourth-order valence-electron chi connectivity index (χ4n) is 2.06. The molecule has 0 aliphatic rings. The zero-order valence-electron chi connectivity index (χ0n) is 11.1. The molecular weight excluding hydrogens is 260 g/mol. The van der Waals surface area contributed by atoms with Crippen LogP contribution in [0, 0.1) is 0 Å². The number of benzene rings is 1. The van der Waals surface area contributed by atoms with E-state index in [-0.39, 0.29) is 6.04 Å². The number of rotatable bonds is 5. The van der Waals surface area contributed by atoms with E-state index in [1.54, 1.807) is 13.3 Å². The molecular formula is C15H17ClN2O. The lowest BCUT2D eigenvalue weighted by atomic mass is 10.0. The summed E-state index contributed by atoms with van der Waals surface area (Å²) in [6, 6.07) is 11.5. The molecule has 2 aromatic rings. The third-order valence-corrected chi connectivity index (χ3v) is 3.13. The predicted molar refractivity (Wildman–Crippen MR) is 77.8 cm³/mol. The molecule has 4 heteroatoms. The largest absolute Gasteiger partial charge is 0.496 e. The summed E-state index contributed by atoms with van der Waals surface area (Å²) in [7, 11) is 1.66. The van der Waals surface area contributed by atoms with Crippen LogP contribution >= 0.6 is 11.6 Å². The standard InChI is InChI=1S/C15H17ClN2O/c1-3-17-15(13-6-4-5-9-18-13)12-10-11(16)7-8-14(12)19-2/h4-10,15,17H,3H2,1-2H3. The molecule has 3 nitrogen and oxygen atoms in total. The second kappa shape index (κ2) is 6.55. The van der Waals surface area contributed by atoms with Crippen LogP contribution in [0.15, 0.2) is 42.6 Å². The van der Waals surface area contributed by atoms with Crippen molar-refractivity contribution in [2.45, 2.75) is 13.0 Å². The minimum atomic E-state index is -0.0279. The van der Waals surface area contributed by atoms with Gasteiger partial charge in [-0.2, -0.15) is 0 Å². The molecule has 0 saturated heterocycles. The Bertz CT molecular complexity index is 531. The number of nitrogens with zero attached hydrogens (tertiary/aromatic N) is 1. The number of pyridine rings is 1. The monoisotopic (exact) mass is 276 g/mol. The van der Waals surface area contributed by atoms with Crippen molar-refractivity contribution >= 4 is 11.6 Å². The topological polar surface area (TPSA) is 34.2 Å². The van der Waals surface area contributed by atoms with Crippen LogP contribution in [-0.2, 0) is 0 Å². The van der Waals surface area contributed by atoms with E-state index in [2.05, 4.69) is 17.2 Å². The van der Waals surface area contributed by atoms with E-state index in [0.29, 0.717) is 5.02 Å². The first-order chi connectivity index (χ1) is 9.26. The van der Waals surface area contributed by atoms with Crippen molar-refractivity contribution in [2.24, 2.45) is 0 Å². The van der Waals surface area contributed by atoms with Crippen LogP contribution in [0.3, 0.4) is 0 Å². The highest BCUT2D eigenvalue weighted by molar-refractivity contribution is 6.30. The fraction of sp³-hybridized carbons (Fsp3) is 0.267. The summed E-state index contributed by atoms with van der Waals surface area (Å²) in [5, 5.41) is 4.11. The highest BCUT2D eigenvalue weighted by atomic mass is 35.5. The van der Waals surface area contributed by atoms with Gasteiger partial charge < -0.3 is 10.1 Å². The highest BCUT2D eigenvalue weighted by Crippen LogP contribution is 2.31. The van der Waals surface area contributed by atoms with Crippen molar-refractivity contribution < 1.29 is 4.74 Å². The molecule has 1 heterocycles. The maximum atomic E-state index is 6.10. The number of nitrogens with one attached hydrogen (secondary N) is 1. The van der Waals surface area contributed by atoms with E-state index in [9.17, 15) is 0 Å². The average molecular weight is 277 g/mol. The Balaban J connectivity index is 2.47. The van der Waals surface area contributed by atoms with Gasteiger partial charge in [-0.05, 0) is 36.9 Å². The third-order valence-electron chi connectivity index (χ3n) is 2.89. The van der Waals surface area contributed by atoms with Gasteiger partial charge in [-0.15, -0.1) is 0 Å². The summed E-state index contributed by atoms with van der Waals surface area (Å²) in [4.78, 5) is 4.42. The Labute approximate surface area is 118 Å². The van der Waals surface area contributed by atoms with Crippen molar-refractivity contribution in [2.75, 3.05) is 13.7 Å². The molecule has 0 spiro atoms. The molecule has 0 aliphatic heterocycles. The van der Waals surface area contributed by atoms with Gasteiger partial charge in [-0.25, -0.2) is 0 Å². The Morgan fingerprint density at radius 2 is 2.16 bits per heavy atom. The van der Waals surface area contributed by atoms with E-state index < -0.39 is 0 Å². The number of aromatic nitrogens is 1. The fourth-order valence-corrected chi connectivity index (χ4v) is 2.24. The first-order valence-electron chi connectivity index (χ1n) is 6.24. The summed E-state index contributed by atoms with van der Waals surface area (Å²) in [6.07, 6.45) is 1.79. The Hall–Kier alpha value is -1.58. The number of hydrogen-bond donors (Lipinski definition) is 1. The molecule has 19 heavy (non-hydrogen) atoms. The lowest BCUT2D eigenvalue weighted by Gasteiger charge is -2.20. The Morgan fingerprint density at radius 3 is 2.79 bits per heavy atom. The summed E-state index contributed by atoms with van der Waals surface area (Å²) in [5.74, 6) is 0.806. The molecule has 2 rings (SSSR count). The van der Waals surface area contributed by atoms with Gasteiger partial charge in [-0.1, -0.05) is 24.6 Å². The second-order valence-corrected chi connectivity index (χ2v) is 4.57. The van der Waals surface area contributed by atoms with Gasteiger partial charge >= 0.3 is 0 Å². The van der Waals surface area contributed by atoms with Crippen LogP contribution in [0.1, 0.15) is 24.2 Å². The smallest absolute Gasteiger partial charge is 0.124 e. The summed E-state index contributed by atoms with van der Waals surface area (Å²) in [5.41, 5.74) is 1.94. The Kier molecular flexibility index (Phi) is 4.77. The van der Waals surface area contributed by atoms with E-state index in [1.807, 2.05) is 36.4 Å². The number of ether oxygens (including phenoxy) is 1. The highest BCUT2D eigenvalue weighted by Gasteiger charge is 2.18. The van der Waals surface area contributed by atoms with Crippen LogP contribution in [0.2, 0.25) is 5.02 Å². The SMILES string of the molecule is CCNC(c1ccccn1)c1cc(Cl)ccc1OC. The molecule has 1 N–H and O–H groups in total. The number of halogens is 1. The van der Waals surface area contributed by atoms with Gasteiger partial charge in [0.2, 0.25) is 0 Å². The molecule has 1 aromatic carbocycles. The molecule has 0 aliphatic carbocycles. The van der Waals surface area contributed by atoms with Crippen LogP contribution in [-0.4, -0.2) is 18.6 Å². The van der Waals surface area contributed by atoms with Crippen LogP contribution in [0.25, 0.3) is 0 Å². The second-order valence-electron chi connectivity index (χ2n) is 4.13. The zero-order chi connectivity index (χ0) is 13.7. The normalized spacial score (nSPS) is 12.2.